The van der Waals surface area contributed by atoms with Crippen molar-refractivity contribution >= 4 is 5.91 Å². The number of hydrogen-bond donors (Lipinski definition) is 3. The molecule has 0 aliphatic heterocycles. The highest BCUT2D eigenvalue weighted by Crippen LogP contribution is 2.22. The highest BCUT2D eigenvalue weighted by molar-refractivity contribution is 5.93. The smallest absolute Gasteiger partial charge is 0.248 e. The van der Waals surface area contributed by atoms with E-state index in [0.29, 0.717) is 5.75 Å². The summed E-state index contributed by atoms with van der Waals surface area (Å²) in [5, 5.41) is 18.0. The molecule has 0 fully saturated rings. The lowest BCUT2D eigenvalue weighted by molar-refractivity contribution is 0.0998. The first-order valence-electron chi connectivity index (χ1n) is 4.44. The second-order valence-electron chi connectivity index (χ2n) is 3.19. The first kappa shape index (κ1) is 11.3. The number of carbonyl (C=O) groups is 1. The van der Waals surface area contributed by atoms with E-state index in [9.17, 15) is 9.90 Å². The summed E-state index contributed by atoms with van der Waals surface area (Å²) in [6.07, 6.45) is -0.410. The number of nitrogens with two attached hydrogens (primary N) is 1. The summed E-state index contributed by atoms with van der Waals surface area (Å²) >= 11 is 0. The SMILES string of the molecule is C[C@@H](CO)Oc1cc(O)cc(C(N)=O)c1. The Morgan fingerprint density at radius 1 is 1.53 bits per heavy atom. The van der Waals surface area contributed by atoms with Gasteiger partial charge in [-0.1, -0.05) is 0 Å². The summed E-state index contributed by atoms with van der Waals surface area (Å²) < 4.78 is 5.22. The van der Waals surface area contributed by atoms with E-state index in [1.807, 2.05) is 0 Å². The molecule has 0 spiro atoms. The van der Waals surface area contributed by atoms with E-state index in [1.54, 1.807) is 6.92 Å². The van der Waals surface area contributed by atoms with Crippen LogP contribution in [-0.4, -0.2) is 28.8 Å². The summed E-state index contributed by atoms with van der Waals surface area (Å²) in [7, 11) is 0. The van der Waals surface area contributed by atoms with Crippen molar-refractivity contribution in [2.75, 3.05) is 6.61 Å². The van der Waals surface area contributed by atoms with Crippen molar-refractivity contribution in [3.8, 4) is 11.5 Å². The van der Waals surface area contributed by atoms with Crippen LogP contribution in [0.15, 0.2) is 18.2 Å². The molecule has 1 atom stereocenters. The van der Waals surface area contributed by atoms with Crippen LogP contribution in [0.2, 0.25) is 0 Å². The monoisotopic (exact) mass is 211 g/mol. The summed E-state index contributed by atoms with van der Waals surface area (Å²) in [5.41, 5.74) is 5.22. The van der Waals surface area contributed by atoms with E-state index in [2.05, 4.69) is 0 Å². The standard InChI is InChI=1S/C10H13NO4/c1-6(5-12)15-9-3-7(10(11)14)2-8(13)4-9/h2-4,6,12-13H,5H2,1H3,(H2,11,14)/t6-/m0/s1. The van der Waals surface area contributed by atoms with Gasteiger partial charge < -0.3 is 20.7 Å². The zero-order valence-electron chi connectivity index (χ0n) is 8.30. The third kappa shape index (κ3) is 3.14. The van der Waals surface area contributed by atoms with Crippen LogP contribution in [0.3, 0.4) is 0 Å². The van der Waals surface area contributed by atoms with Crippen LogP contribution in [-0.2, 0) is 0 Å². The van der Waals surface area contributed by atoms with Gasteiger partial charge in [-0.3, -0.25) is 4.79 Å². The van der Waals surface area contributed by atoms with Crippen LogP contribution in [0, 0.1) is 0 Å². The predicted octanol–water partition coefficient (Wildman–Crippen LogP) is 0.251. The van der Waals surface area contributed by atoms with Gasteiger partial charge in [0.2, 0.25) is 5.91 Å². The zero-order chi connectivity index (χ0) is 11.4. The average molecular weight is 211 g/mol. The van der Waals surface area contributed by atoms with E-state index >= 15 is 0 Å². The molecule has 0 unspecified atom stereocenters. The third-order valence-corrected chi connectivity index (χ3v) is 1.77. The third-order valence-electron chi connectivity index (χ3n) is 1.77. The number of amides is 1. The number of benzene rings is 1. The Labute approximate surface area is 87.1 Å². The molecule has 0 bridgehead atoms. The number of phenols is 1. The van der Waals surface area contributed by atoms with Gasteiger partial charge in [-0.2, -0.15) is 0 Å². The minimum Gasteiger partial charge on any atom is -0.508 e. The first-order valence-corrected chi connectivity index (χ1v) is 4.44. The molecule has 1 aromatic rings. The topological polar surface area (TPSA) is 92.8 Å². The largest absolute Gasteiger partial charge is 0.508 e. The number of ether oxygens (including phenoxy) is 1. The second kappa shape index (κ2) is 4.65. The molecular formula is C10H13NO4. The summed E-state index contributed by atoms with van der Waals surface area (Å²) in [5.74, 6) is -0.454. The Balaban J connectivity index is 2.93. The molecule has 1 amide bonds. The molecule has 4 N–H and O–H groups in total. The summed E-state index contributed by atoms with van der Waals surface area (Å²) in [4.78, 5) is 10.9. The fraction of sp³-hybridized carbons (Fsp3) is 0.300. The predicted molar refractivity (Wildman–Crippen MR) is 53.8 cm³/mol. The summed E-state index contributed by atoms with van der Waals surface area (Å²) in [6.45, 7) is 1.51. The molecule has 5 nitrogen and oxygen atoms in total. The van der Waals surface area contributed by atoms with Crippen LogP contribution in [0.25, 0.3) is 0 Å². The first-order chi connectivity index (χ1) is 7.02. The van der Waals surface area contributed by atoms with Crippen LogP contribution in [0.5, 0.6) is 11.5 Å². The van der Waals surface area contributed by atoms with Gasteiger partial charge in [0.05, 0.1) is 6.61 Å². The van der Waals surface area contributed by atoms with Crippen LogP contribution >= 0.6 is 0 Å². The quantitative estimate of drug-likeness (QED) is 0.665. The van der Waals surface area contributed by atoms with E-state index in [0.717, 1.165) is 0 Å². The molecule has 1 rings (SSSR count). The van der Waals surface area contributed by atoms with Crippen molar-refractivity contribution < 1.29 is 19.7 Å². The molecule has 0 saturated heterocycles. The maximum absolute atomic E-state index is 10.9. The Morgan fingerprint density at radius 3 is 2.73 bits per heavy atom. The normalized spacial score (nSPS) is 12.1. The van der Waals surface area contributed by atoms with Crippen molar-refractivity contribution in [3.63, 3.8) is 0 Å². The van der Waals surface area contributed by atoms with Gasteiger partial charge in [-0.05, 0) is 19.1 Å². The molecule has 0 radical (unpaired) electrons. The number of aromatic hydroxyl groups is 1. The molecule has 0 aliphatic carbocycles. The minimum absolute atomic E-state index is 0.105. The van der Waals surface area contributed by atoms with Crippen molar-refractivity contribution in [2.45, 2.75) is 13.0 Å². The number of aliphatic hydroxyl groups is 1. The van der Waals surface area contributed by atoms with Gasteiger partial charge in [-0.25, -0.2) is 0 Å². The molecule has 5 heteroatoms. The number of primary amides is 1. The van der Waals surface area contributed by atoms with Crippen molar-refractivity contribution in [1.29, 1.82) is 0 Å². The van der Waals surface area contributed by atoms with Gasteiger partial charge in [0.15, 0.2) is 0 Å². The van der Waals surface area contributed by atoms with E-state index in [1.165, 1.54) is 18.2 Å². The number of aliphatic hydroxyl groups excluding tert-OH is 1. The molecular weight excluding hydrogens is 198 g/mol. The van der Waals surface area contributed by atoms with Crippen molar-refractivity contribution in [2.24, 2.45) is 5.73 Å². The number of hydrogen-bond acceptors (Lipinski definition) is 4. The highest BCUT2D eigenvalue weighted by Gasteiger charge is 2.08. The highest BCUT2D eigenvalue weighted by atomic mass is 16.5. The average Bonchev–Trinajstić information content (AvgIpc) is 2.16. The molecule has 0 aliphatic rings. The number of rotatable bonds is 4. The van der Waals surface area contributed by atoms with Gasteiger partial charge >= 0.3 is 0 Å². The van der Waals surface area contributed by atoms with Gasteiger partial charge in [0.25, 0.3) is 0 Å². The van der Waals surface area contributed by atoms with Crippen LogP contribution in [0.1, 0.15) is 17.3 Å². The van der Waals surface area contributed by atoms with Crippen LogP contribution in [0.4, 0.5) is 0 Å². The molecule has 0 heterocycles. The molecule has 15 heavy (non-hydrogen) atoms. The van der Waals surface area contributed by atoms with Crippen molar-refractivity contribution in [3.05, 3.63) is 23.8 Å². The fourth-order valence-electron chi connectivity index (χ4n) is 1.06. The fourth-order valence-corrected chi connectivity index (χ4v) is 1.06. The minimum atomic E-state index is -0.646. The maximum atomic E-state index is 10.9. The lowest BCUT2D eigenvalue weighted by atomic mass is 10.2. The lowest BCUT2D eigenvalue weighted by Gasteiger charge is -2.12. The number of carbonyl (C=O) groups excluding carboxylic acids is 1. The molecule has 1 aromatic carbocycles. The second-order valence-corrected chi connectivity index (χ2v) is 3.19. The van der Waals surface area contributed by atoms with Gasteiger partial charge in [-0.15, -0.1) is 0 Å². The Hall–Kier alpha value is -1.75. The Kier molecular flexibility index (Phi) is 3.51. The molecule has 0 aromatic heterocycles. The maximum Gasteiger partial charge on any atom is 0.248 e. The zero-order valence-corrected chi connectivity index (χ0v) is 8.30. The molecule has 82 valence electrons. The van der Waals surface area contributed by atoms with Gasteiger partial charge in [0, 0.05) is 11.6 Å². The van der Waals surface area contributed by atoms with Crippen LogP contribution < -0.4 is 10.5 Å². The Bertz CT molecular complexity index is 364. The lowest BCUT2D eigenvalue weighted by Crippen LogP contribution is -2.17. The van der Waals surface area contributed by atoms with Crippen molar-refractivity contribution in [1.82, 2.24) is 0 Å². The van der Waals surface area contributed by atoms with E-state index in [-0.39, 0.29) is 17.9 Å². The van der Waals surface area contributed by atoms with E-state index < -0.39 is 12.0 Å². The van der Waals surface area contributed by atoms with E-state index in [4.69, 9.17) is 15.6 Å². The van der Waals surface area contributed by atoms with Gasteiger partial charge in [0.1, 0.15) is 17.6 Å². The Morgan fingerprint density at radius 2 is 2.20 bits per heavy atom. The number of phenolic OH excluding ortho intramolecular Hbond substituents is 1. The molecule has 0 saturated carbocycles. The summed E-state index contributed by atoms with van der Waals surface area (Å²) in [6, 6.07) is 4.01.